The predicted octanol–water partition coefficient (Wildman–Crippen LogP) is 2.74. The van der Waals surface area contributed by atoms with Crippen molar-refractivity contribution in [3.8, 4) is 0 Å². The monoisotopic (exact) mass is 297 g/mol. The molecular weight excluding hydrogens is 277 g/mol. The highest BCUT2D eigenvalue weighted by atomic mass is 19.1. The topological polar surface area (TPSA) is 75.6 Å². The van der Waals surface area contributed by atoms with Crippen molar-refractivity contribution < 1.29 is 23.8 Å². The third kappa shape index (κ3) is 6.25. The van der Waals surface area contributed by atoms with Gasteiger partial charge < -0.3 is 15.2 Å². The molecule has 0 saturated carbocycles. The van der Waals surface area contributed by atoms with Crippen LogP contribution < -0.4 is 5.32 Å². The minimum atomic E-state index is -1.18. The van der Waals surface area contributed by atoms with Crippen LogP contribution in [0.3, 0.4) is 0 Å². The third-order valence-electron chi connectivity index (χ3n) is 2.65. The van der Waals surface area contributed by atoms with Crippen LogP contribution in [-0.4, -0.2) is 28.8 Å². The molecule has 1 amide bonds. The van der Waals surface area contributed by atoms with E-state index in [0.717, 1.165) is 0 Å². The number of carboxylic acid groups (broad SMARTS) is 1. The Balaban J connectivity index is 2.61. The van der Waals surface area contributed by atoms with Gasteiger partial charge in [0.15, 0.2) is 0 Å². The second-order valence-corrected chi connectivity index (χ2v) is 5.67. The van der Waals surface area contributed by atoms with Crippen molar-refractivity contribution in [2.24, 2.45) is 0 Å². The second-order valence-electron chi connectivity index (χ2n) is 5.67. The molecule has 0 aliphatic carbocycles. The summed E-state index contributed by atoms with van der Waals surface area (Å²) in [7, 11) is 0. The van der Waals surface area contributed by atoms with Crippen LogP contribution >= 0.6 is 0 Å². The molecule has 1 aromatic rings. The Labute approximate surface area is 123 Å². The summed E-state index contributed by atoms with van der Waals surface area (Å²) in [6, 6.07) is 5.01. The van der Waals surface area contributed by atoms with E-state index in [9.17, 15) is 14.0 Å². The van der Waals surface area contributed by atoms with E-state index in [1.807, 2.05) is 0 Å². The van der Waals surface area contributed by atoms with Gasteiger partial charge in [0.2, 0.25) is 0 Å². The number of carbonyl (C=O) groups is 2. The molecule has 0 fully saturated rings. The van der Waals surface area contributed by atoms with Gasteiger partial charge in [-0.2, -0.15) is 0 Å². The number of hydrogen-bond donors (Lipinski definition) is 2. The van der Waals surface area contributed by atoms with Crippen LogP contribution in [0.5, 0.6) is 0 Å². The molecule has 0 aliphatic rings. The molecule has 0 aromatic heterocycles. The number of carboxylic acids is 1. The maximum absolute atomic E-state index is 13.5. The molecule has 0 saturated heterocycles. The van der Waals surface area contributed by atoms with Crippen LogP contribution in [0, 0.1) is 5.82 Å². The van der Waals surface area contributed by atoms with E-state index in [1.54, 1.807) is 39.0 Å². The Morgan fingerprint density at radius 1 is 1.33 bits per heavy atom. The lowest BCUT2D eigenvalue weighted by molar-refractivity contribution is -0.139. The van der Waals surface area contributed by atoms with Crippen LogP contribution in [0.2, 0.25) is 0 Å². The summed E-state index contributed by atoms with van der Waals surface area (Å²) >= 11 is 0. The molecule has 1 aromatic carbocycles. The maximum Gasteiger partial charge on any atom is 0.408 e. The maximum atomic E-state index is 13.5. The summed E-state index contributed by atoms with van der Waals surface area (Å²) < 4.78 is 18.5. The van der Waals surface area contributed by atoms with Crippen molar-refractivity contribution in [1.29, 1.82) is 0 Å². The van der Waals surface area contributed by atoms with Crippen molar-refractivity contribution in [2.75, 3.05) is 0 Å². The van der Waals surface area contributed by atoms with E-state index < -0.39 is 23.7 Å². The van der Waals surface area contributed by atoms with E-state index in [4.69, 9.17) is 9.84 Å². The number of hydrogen-bond acceptors (Lipinski definition) is 3. The lowest BCUT2D eigenvalue weighted by Crippen LogP contribution is -2.43. The molecule has 21 heavy (non-hydrogen) atoms. The fourth-order valence-electron chi connectivity index (χ4n) is 1.71. The van der Waals surface area contributed by atoms with Crippen LogP contribution in [0.4, 0.5) is 9.18 Å². The number of nitrogens with one attached hydrogen (secondary N) is 1. The summed E-state index contributed by atoms with van der Waals surface area (Å²) in [5, 5.41) is 11.4. The molecule has 1 rings (SSSR count). The number of carbonyl (C=O) groups excluding carboxylic acids is 1. The highest BCUT2D eigenvalue weighted by molar-refractivity contribution is 5.80. The Bertz CT molecular complexity index is 511. The first-order chi connectivity index (χ1) is 9.69. The second kappa shape index (κ2) is 7.06. The molecule has 0 aliphatic heterocycles. The summed E-state index contributed by atoms with van der Waals surface area (Å²) in [5.41, 5.74) is -0.298. The molecule has 6 heteroatoms. The van der Waals surface area contributed by atoms with Gasteiger partial charge in [-0.15, -0.1) is 0 Å². The standard InChI is InChI=1S/C15H20FNO4/c1-15(2,3)21-14(20)17-12(13(18)19)9-8-10-6-4-5-7-11(10)16/h4-7,12H,8-9H2,1-3H3,(H,17,20)(H,18,19)/t12-/m0/s1. The molecule has 1 atom stereocenters. The van der Waals surface area contributed by atoms with Crippen LogP contribution in [0.15, 0.2) is 24.3 Å². The first-order valence-electron chi connectivity index (χ1n) is 6.65. The van der Waals surface area contributed by atoms with Crippen LogP contribution in [0.25, 0.3) is 0 Å². The van der Waals surface area contributed by atoms with Gasteiger partial charge >= 0.3 is 12.1 Å². The Morgan fingerprint density at radius 2 is 1.95 bits per heavy atom. The summed E-state index contributed by atoms with van der Waals surface area (Å²) in [5.74, 6) is -1.57. The number of amides is 1. The van der Waals surface area contributed by atoms with E-state index in [1.165, 1.54) is 6.07 Å². The number of halogens is 1. The summed E-state index contributed by atoms with van der Waals surface area (Å²) in [6.45, 7) is 5.05. The third-order valence-corrected chi connectivity index (χ3v) is 2.65. The van der Waals surface area contributed by atoms with Gasteiger partial charge in [-0.25, -0.2) is 14.0 Å². The van der Waals surface area contributed by atoms with E-state index in [0.29, 0.717) is 5.56 Å². The Hall–Kier alpha value is -2.11. The minimum Gasteiger partial charge on any atom is -0.480 e. The zero-order valence-electron chi connectivity index (χ0n) is 12.4. The Morgan fingerprint density at radius 3 is 2.48 bits per heavy atom. The highest BCUT2D eigenvalue weighted by Crippen LogP contribution is 2.11. The number of rotatable bonds is 5. The highest BCUT2D eigenvalue weighted by Gasteiger charge is 2.24. The number of alkyl carbamates (subject to hydrolysis) is 1. The van der Waals surface area contributed by atoms with Gasteiger partial charge in [-0.3, -0.25) is 0 Å². The lowest BCUT2D eigenvalue weighted by Gasteiger charge is -2.22. The molecule has 5 nitrogen and oxygen atoms in total. The molecule has 0 bridgehead atoms. The SMILES string of the molecule is CC(C)(C)OC(=O)N[C@@H](CCc1ccccc1F)C(=O)O. The zero-order valence-corrected chi connectivity index (χ0v) is 12.4. The van der Waals surface area contributed by atoms with Gasteiger partial charge in [-0.1, -0.05) is 18.2 Å². The summed E-state index contributed by atoms with van der Waals surface area (Å²) in [4.78, 5) is 22.7. The molecule has 116 valence electrons. The first-order valence-corrected chi connectivity index (χ1v) is 6.65. The molecule has 0 heterocycles. The average Bonchev–Trinajstić information content (AvgIpc) is 2.33. The number of benzene rings is 1. The normalized spacial score (nSPS) is 12.6. The van der Waals surface area contributed by atoms with Crippen LogP contribution in [-0.2, 0) is 16.0 Å². The lowest BCUT2D eigenvalue weighted by atomic mass is 10.0. The van der Waals surface area contributed by atoms with Crippen molar-refractivity contribution in [2.45, 2.75) is 45.3 Å². The van der Waals surface area contributed by atoms with Gasteiger partial charge in [0.1, 0.15) is 17.5 Å². The van der Waals surface area contributed by atoms with Gasteiger partial charge in [0.05, 0.1) is 0 Å². The zero-order chi connectivity index (χ0) is 16.0. The van der Waals surface area contributed by atoms with Crippen molar-refractivity contribution >= 4 is 12.1 Å². The average molecular weight is 297 g/mol. The molecule has 0 radical (unpaired) electrons. The van der Waals surface area contributed by atoms with Gasteiger partial charge in [0, 0.05) is 0 Å². The quantitative estimate of drug-likeness (QED) is 0.876. The van der Waals surface area contributed by atoms with Crippen molar-refractivity contribution in [3.05, 3.63) is 35.6 Å². The molecule has 2 N–H and O–H groups in total. The Kier molecular flexibility index (Phi) is 5.69. The first kappa shape index (κ1) is 16.9. The smallest absolute Gasteiger partial charge is 0.408 e. The van der Waals surface area contributed by atoms with E-state index >= 15 is 0 Å². The van der Waals surface area contributed by atoms with Crippen LogP contribution in [0.1, 0.15) is 32.8 Å². The van der Waals surface area contributed by atoms with Crippen molar-refractivity contribution in [1.82, 2.24) is 5.32 Å². The van der Waals surface area contributed by atoms with Crippen molar-refractivity contribution in [3.63, 3.8) is 0 Å². The van der Waals surface area contributed by atoms with E-state index in [2.05, 4.69) is 5.32 Å². The summed E-state index contributed by atoms with van der Waals surface area (Å²) in [6.07, 6.45) is -0.516. The fourth-order valence-corrected chi connectivity index (χ4v) is 1.71. The number of aryl methyl sites for hydroxylation is 1. The van der Waals surface area contributed by atoms with Gasteiger partial charge in [0.25, 0.3) is 0 Å². The predicted molar refractivity (Wildman–Crippen MR) is 75.5 cm³/mol. The molecule has 0 unspecified atom stereocenters. The van der Waals surface area contributed by atoms with E-state index in [-0.39, 0.29) is 18.7 Å². The number of ether oxygens (including phenoxy) is 1. The fraction of sp³-hybridized carbons (Fsp3) is 0.467. The van der Waals surface area contributed by atoms with Gasteiger partial charge in [-0.05, 0) is 45.2 Å². The molecule has 0 spiro atoms. The number of aliphatic carboxylic acids is 1. The minimum absolute atomic E-state index is 0.0789. The molecular formula is C15H20FNO4. The largest absolute Gasteiger partial charge is 0.480 e.